The van der Waals surface area contributed by atoms with Gasteiger partial charge in [0.2, 0.25) is 5.91 Å². The zero-order valence-electron chi connectivity index (χ0n) is 15.3. The topological polar surface area (TPSA) is 58.2 Å². The highest BCUT2D eigenvalue weighted by Gasteiger charge is 2.20. The number of nitrogens with one attached hydrogen (secondary N) is 2. The summed E-state index contributed by atoms with van der Waals surface area (Å²) >= 11 is 7.32. The van der Waals surface area contributed by atoms with E-state index in [2.05, 4.69) is 10.6 Å². The van der Waals surface area contributed by atoms with Crippen LogP contribution >= 0.6 is 23.4 Å². The molecule has 4 nitrogen and oxygen atoms in total. The lowest BCUT2D eigenvalue weighted by Gasteiger charge is -2.22. The smallest absolute Gasteiger partial charge is 0.253 e. The van der Waals surface area contributed by atoms with Crippen LogP contribution in [-0.2, 0) is 4.79 Å². The number of carbonyl (C=O) groups is 2. The fourth-order valence-electron chi connectivity index (χ4n) is 2.20. The van der Waals surface area contributed by atoms with Gasteiger partial charge in [-0.15, -0.1) is 11.8 Å². The number of para-hydroxylation sites is 1. The molecule has 0 aliphatic heterocycles. The summed E-state index contributed by atoms with van der Waals surface area (Å²) in [7, 11) is 0. The molecule has 0 unspecified atom stereocenters. The predicted octanol–water partition coefficient (Wildman–Crippen LogP) is 4.99. The number of benzene rings is 2. The van der Waals surface area contributed by atoms with Crippen molar-refractivity contribution in [3.63, 3.8) is 0 Å². The quantitative estimate of drug-likeness (QED) is 0.707. The Kier molecular flexibility index (Phi) is 6.73. The zero-order chi connectivity index (χ0) is 19.3. The molecule has 2 N–H and O–H groups in total. The fraction of sp³-hybridized carbons (Fsp3) is 0.300. The van der Waals surface area contributed by atoms with Crippen molar-refractivity contribution >= 4 is 40.9 Å². The highest BCUT2D eigenvalue weighted by molar-refractivity contribution is 8.00. The first kappa shape index (κ1) is 20.3. The Morgan fingerprint density at radius 2 is 1.65 bits per heavy atom. The molecule has 0 aliphatic carbocycles. The molecule has 0 aliphatic rings. The minimum Gasteiger partial charge on any atom is -0.347 e. The molecule has 2 aromatic rings. The standard InChI is InChI=1S/C20H23ClN2O2S/c1-13(26-15-11-9-14(21)10-12-15)18(24)22-17-8-6-5-7-16(17)19(25)23-20(2,3)4/h5-13H,1-4H3,(H,22,24)(H,23,25)/t13-/m1/s1. The number of carbonyl (C=O) groups excluding carboxylic acids is 2. The normalized spacial score (nSPS) is 12.3. The van der Waals surface area contributed by atoms with Crippen molar-refractivity contribution in [2.75, 3.05) is 5.32 Å². The third kappa shape index (κ3) is 6.07. The molecule has 0 spiro atoms. The molecule has 2 amide bonds. The Bertz CT molecular complexity index is 785. The lowest BCUT2D eigenvalue weighted by molar-refractivity contribution is -0.115. The zero-order valence-corrected chi connectivity index (χ0v) is 16.9. The molecular weight excluding hydrogens is 368 g/mol. The van der Waals surface area contributed by atoms with Gasteiger partial charge in [-0.3, -0.25) is 9.59 Å². The van der Waals surface area contributed by atoms with Gasteiger partial charge in [-0.2, -0.15) is 0 Å². The van der Waals surface area contributed by atoms with E-state index in [0.717, 1.165) is 4.90 Å². The third-order valence-electron chi connectivity index (χ3n) is 3.41. The summed E-state index contributed by atoms with van der Waals surface area (Å²) in [6.45, 7) is 7.57. The van der Waals surface area contributed by atoms with E-state index in [9.17, 15) is 9.59 Å². The molecule has 0 bridgehead atoms. The van der Waals surface area contributed by atoms with Crippen LogP contribution in [0.4, 0.5) is 5.69 Å². The molecule has 0 saturated heterocycles. The number of thioether (sulfide) groups is 1. The average Bonchev–Trinajstić information content (AvgIpc) is 2.55. The molecule has 0 saturated carbocycles. The van der Waals surface area contributed by atoms with Gasteiger partial charge in [0.05, 0.1) is 16.5 Å². The lowest BCUT2D eigenvalue weighted by Crippen LogP contribution is -2.41. The largest absolute Gasteiger partial charge is 0.347 e. The summed E-state index contributed by atoms with van der Waals surface area (Å²) in [6.07, 6.45) is 0. The highest BCUT2D eigenvalue weighted by Crippen LogP contribution is 2.26. The summed E-state index contributed by atoms with van der Waals surface area (Å²) < 4.78 is 0. The van der Waals surface area contributed by atoms with Crippen molar-refractivity contribution in [3.05, 3.63) is 59.1 Å². The van der Waals surface area contributed by atoms with Crippen LogP contribution in [0.5, 0.6) is 0 Å². The van der Waals surface area contributed by atoms with E-state index in [-0.39, 0.29) is 22.6 Å². The van der Waals surface area contributed by atoms with E-state index < -0.39 is 0 Å². The monoisotopic (exact) mass is 390 g/mol. The van der Waals surface area contributed by atoms with E-state index in [1.54, 1.807) is 36.4 Å². The fourth-order valence-corrected chi connectivity index (χ4v) is 3.20. The van der Waals surface area contributed by atoms with E-state index in [1.165, 1.54) is 11.8 Å². The molecule has 2 rings (SSSR count). The minimum atomic E-state index is -0.355. The summed E-state index contributed by atoms with van der Waals surface area (Å²) in [5.74, 6) is -0.382. The summed E-state index contributed by atoms with van der Waals surface area (Å²) in [5, 5.41) is 6.11. The van der Waals surface area contributed by atoms with Crippen LogP contribution in [0.3, 0.4) is 0 Å². The second-order valence-corrected chi connectivity index (χ2v) is 8.80. The van der Waals surface area contributed by atoms with Gasteiger partial charge in [0.25, 0.3) is 5.91 Å². The highest BCUT2D eigenvalue weighted by atomic mass is 35.5. The van der Waals surface area contributed by atoms with Crippen molar-refractivity contribution in [2.45, 2.75) is 43.4 Å². The Labute approximate surface area is 163 Å². The van der Waals surface area contributed by atoms with Gasteiger partial charge in [-0.05, 0) is 64.1 Å². The van der Waals surface area contributed by atoms with Gasteiger partial charge < -0.3 is 10.6 Å². The lowest BCUT2D eigenvalue weighted by atomic mass is 10.1. The maximum Gasteiger partial charge on any atom is 0.253 e. The number of rotatable bonds is 5. The molecule has 2 aromatic carbocycles. The third-order valence-corrected chi connectivity index (χ3v) is 4.78. The Balaban J connectivity index is 2.08. The average molecular weight is 391 g/mol. The van der Waals surface area contributed by atoms with Crippen LogP contribution in [0.15, 0.2) is 53.4 Å². The first-order valence-corrected chi connectivity index (χ1v) is 9.56. The van der Waals surface area contributed by atoms with Crippen LogP contribution in [-0.4, -0.2) is 22.6 Å². The van der Waals surface area contributed by atoms with Gasteiger partial charge in [0, 0.05) is 15.5 Å². The molecule has 0 radical (unpaired) electrons. The number of halogens is 1. The van der Waals surface area contributed by atoms with E-state index in [4.69, 9.17) is 11.6 Å². The number of hydrogen-bond acceptors (Lipinski definition) is 3. The van der Waals surface area contributed by atoms with Gasteiger partial charge >= 0.3 is 0 Å². The minimum absolute atomic E-state index is 0.166. The molecule has 0 fully saturated rings. The maximum absolute atomic E-state index is 12.6. The first-order chi connectivity index (χ1) is 12.2. The molecular formula is C20H23ClN2O2S. The van der Waals surface area contributed by atoms with Gasteiger partial charge in [-0.25, -0.2) is 0 Å². The van der Waals surface area contributed by atoms with Crippen LogP contribution in [0.2, 0.25) is 5.02 Å². The molecule has 138 valence electrons. The van der Waals surface area contributed by atoms with Crippen molar-refractivity contribution in [1.29, 1.82) is 0 Å². The molecule has 6 heteroatoms. The SMILES string of the molecule is C[C@@H](Sc1ccc(Cl)cc1)C(=O)Nc1ccccc1C(=O)NC(C)(C)C. The van der Waals surface area contributed by atoms with Crippen LogP contribution in [0, 0.1) is 0 Å². The van der Waals surface area contributed by atoms with Crippen LogP contribution in [0.25, 0.3) is 0 Å². The van der Waals surface area contributed by atoms with Crippen molar-refractivity contribution in [1.82, 2.24) is 5.32 Å². The van der Waals surface area contributed by atoms with Crippen molar-refractivity contribution < 1.29 is 9.59 Å². The number of anilines is 1. The van der Waals surface area contributed by atoms with Crippen LogP contribution in [0.1, 0.15) is 38.1 Å². The Hall–Kier alpha value is -1.98. The van der Waals surface area contributed by atoms with E-state index in [1.807, 2.05) is 39.8 Å². The Morgan fingerprint density at radius 1 is 1.04 bits per heavy atom. The molecule has 26 heavy (non-hydrogen) atoms. The summed E-state index contributed by atoms with van der Waals surface area (Å²) in [5.41, 5.74) is 0.591. The predicted molar refractivity (Wildman–Crippen MR) is 109 cm³/mol. The summed E-state index contributed by atoms with van der Waals surface area (Å²) in [6, 6.07) is 14.3. The second-order valence-electron chi connectivity index (χ2n) is 6.95. The van der Waals surface area contributed by atoms with Gasteiger partial charge in [-0.1, -0.05) is 23.7 Å². The van der Waals surface area contributed by atoms with Gasteiger partial charge in [0.1, 0.15) is 0 Å². The van der Waals surface area contributed by atoms with E-state index >= 15 is 0 Å². The van der Waals surface area contributed by atoms with E-state index in [0.29, 0.717) is 16.3 Å². The summed E-state index contributed by atoms with van der Waals surface area (Å²) in [4.78, 5) is 26.0. The maximum atomic E-state index is 12.6. The molecule has 0 aromatic heterocycles. The molecule has 0 heterocycles. The molecule has 1 atom stereocenters. The number of hydrogen-bond donors (Lipinski definition) is 2. The van der Waals surface area contributed by atoms with Crippen molar-refractivity contribution in [2.24, 2.45) is 0 Å². The second kappa shape index (κ2) is 8.60. The first-order valence-electron chi connectivity index (χ1n) is 8.30. The Morgan fingerprint density at radius 3 is 2.27 bits per heavy atom. The van der Waals surface area contributed by atoms with Crippen LogP contribution < -0.4 is 10.6 Å². The number of amides is 2. The van der Waals surface area contributed by atoms with Gasteiger partial charge in [0.15, 0.2) is 0 Å². The van der Waals surface area contributed by atoms with Crippen molar-refractivity contribution in [3.8, 4) is 0 Å².